The third kappa shape index (κ3) is 5.44. The number of aryl methyl sites for hydroxylation is 1. The van der Waals surface area contributed by atoms with Crippen molar-refractivity contribution in [2.45, 2.75) is 19.2 Å². The minimum atomic E-state index is 0.0343. The van der Waals surface area contributed by atoms with Gasteiger partial charge in [0.05, 0.1) is 5.75 Å². The third-order valence-electron chi connectivity index (χ3n) is 3.06. The lowest BCUT2D eigenvalue weighted by molar-refractivity contribution is -0.118. The van der Waals surface area contributed by atoms with Gasteiger partial charge in [0, 0.05) is 17.3 Å². The Hall–Kier alpha value is -1.45. The SMILES string of the molecule is Cc1ccc(CSCC(=O)NCc2ccccc2Cl)cc1. The van der Waals surface area contributed by atoms with Crippen LogP contribution in [-0.4, -0.2) is 11.7 Å². The number of hydrogen-bond donors (Lipinski definition) is 1. The lowest BCUT2D eigenvalue weighted by atomic mass is 10.2. The topological polar surface area (TPSA) is 29.1 Å². The number of carbonyl (C=O) groups excluding carboxylic acids is 1. The zero-order valence-electron chi connectivity index (χ0n) is 11.9. The highest BCUT2D eigenvalue weighted by Gasteiger charge is 2.04. The Kier molecular flexibility index (Phi) is 6.15. The number of benzene rings is 2. The van der Waals surface area contributed by atoms with Gasteiger partial charge in [0.15, 0.2) is 0 Å². The molecule has 0 aromatic heterocycles. The first kappa shape index (κ1) is 15.9. The quantitative estimate of drug-likeness (QED) is 0.864. The maximum absolute atomic E-state index is 11.8. The molecule has 0 heterocycles. The summed E-state index contributed by atoms with van der Waals surface area (Å²) in [6.07, 6.45) is 0. The van der Waals surface area contributed by atoms with Crippen LogP contribution in [-0.2, 0) is 17.1 Å². The van der Waals surface area contributed by atoms with Crippen LogP contribution in [0.4, 0.5) is 0 Å². The molecule has 0 unspecified atom stereocenters. The fourth-order valence-corrected chi connectivity index (χ4v) is 2.85. The molecule has 1 amide bonds. The first-order valence-electron chi connectivity index (χ1n) is 6.78. The molecule has 0 spiro atoms. The maximum atomic E-state index is 11.8. The molecular weight excluding hydrogens is 302 g/mol. The number of carbonyl (C=O) groups is 1. The number of amides is 1. The van der Waals surface area contributed by atoms with Gasteiger partial charge < -0.3 is 5.32 Å². The second-order valence-corrected chi connectivity index (χ2v) is 6.24. The van der Waals surface area contributed by atoms with Crippen molar-refractivity contribution in [3.05, 3.63) is 70.2 Å². The van der Waals surface area contributed by atoms with Crippen LogP contribution in [0.15, 0.2) is 48.5 Å². The van der Waals surface area contributed by atoms with Crippen molar-refractivity contribution in [3.8, 4) is 0 Å². The van der Waals surface area contributed by atoms with Crippen LogP contribution in [0.25, 0.3) is 0 Å². The Labute approximate surface area is 134 Å². The molecule has 2 aromatic carbocycles. The normalized spacial score (nSPS) is 10.4. The third-order valence-corrected chi connectivity index (χ3v) is 4.43. The summed E-state index contributed by atoms with van der Waals surface area (Å²) in [5, 5.41) is 3.58. The van der Waals surface area contributed by atoms with Gasteiger partial charge in [-0.3, -0.25) is 4.79 Å². The van der Waals surface area contributed by atoms with Crippen LogP contribution < -0.4 is 5.32 Å². The smallest absolute Gasteiger partial charge is 0.230 e. The van der Waals surface area contributed by atoms with Crippen LogP contribution in [0.1, 0.15) is 16.7 Å². The molecule has 0 aliphatic carbocycles. The highest BCUT2D eigenvalue weighted by molar-refractivity contribution is 7.99. The minimum Gasteiger partial charge on any atom is -0.351 e. The molecular formula is C17H18ClNOS. The van der Waals surface area contributed by atoms with Crippen molar-refractivity contribution in [1.29, 1.82) is 0 Å². The molecule has 2 aromatic rings. The molecule has 0 fully saturated rings. The van der Waals surface area contributed by atoms with E-state index in [1.165, 1.54) is 11.1 Å². The Bertz CT molecular complexity index is 598. The molecule has 0 aliphatic rings. The minimum absolute atomic E-state index is 0.0343. The van der Waals surface area contributed by atoms with E-state index in [9.17, 15) is 4.79 Å². The summed E-state index contributed by atoms with van der Waals surface area (Å²) in [6, 6.07) is 15.9. The Morgan fingerprint density at radius 1 is 1.14 bits per heavy atom. The first-order valence-corrected chi connectivity index (χ1v) is 8.32. The highest BCUT2D eigenvalue weighted by atomic mass is 35.5. The van der Waals surface area contributed by atoms with E-state index in [1.54, 1.807) is 11.8 Å². The molecule has 4 heteroatoms. The fraction of sp³-hybridized carbons (Fsp3) is 0.235. The summed E-state index contributed by atoms with van der Waals surface area (Å²) >= 11 is 7.66. The monoisotopic (exact) mass is 319 g/mol. The molecule has 0 saturated carbocycles. The predicted octanol–water partition coefficient (Wildman–Crippen LogP) is 4.20. The molecule has 0 radical (unpaired) electrons. The van der Waals surface area contributed by atoms with E-state index >= 15 is 0 Å². The summed E-state index contributed by atoms with van der Waals surface area (Å²) < 4.78 is 0. The van der Waals surface area contributed by atoms with Gasteiger partial charge >= 0.3 is 0 Å². The summed E-state index contributed by atoms with van der Waals surface area (Å²) in [7, 11) is 0. The Balaban J connectivity index is 1.70. The van der Waals surface area contributed by atoms with E-state index in [4.69, 9.17) is 11.6 Å². The van der Waals surface area contributed by atoms with E-state index in [-0.39, 0.29) is 5.91 Å². The van der Waals surface area contributed by atoms with E-state index in [1.807, 2.05) is 24.3 Å². The lowest BCUT2D eigenvalue weighted by Gasteiger charge is -2.07. The van der Waals surface area contributed by atoms with Crippen molar-refractivity contribution in [1.82, 2.24) is 5.32 Å². The summed E-state index contributed by atoms with van der Waals surface area (Å²) in [5.74, 6) is 1.34. The first-order chi connectivity index (χ1) is 10.1. The van der Waals surface area contributed by atoms with Gasteiger partial charge in [0.1, 0.15) is 0 Å². The van der Waals surface area contributed by atoms with Crippen molar-refractivity contribution < 1.29 is 4.79 Å². The van der Waals surface area contributed by atoms with Crippen molar-refractivity contribution >= 4 is 29.3 Å². The van der Waals surface area contributed by atoms with Crippen LogP contribution >= 0.6 is 23.4 Å². The predicted molar refractivity (Wildman–Crippen MR) is 90.6 cm³/mol. The molecule has 0 atom stereocenters. The van der Waals surface area contributed by atoms with Crippen molar-refractivity contribution in [2.24, 2.45) is 0 Å². The average Bonchev–Trinajstić information content (AvgIpc) is 2.48. The molecule has 0 bridgehead atoms. The van der Waals surface area contributed by atoms with Crippen molar-refractivity contribution in [3.63, 3.8) is 0 Å². The number of nitrogens with one attached hydrogen (secondary N) is 1. The van der Waals surface area contributed by atoms with Gasteiger partial charge in [-0.2, -0.15) is 0 Å². The summed E-state index contributed by atoms with van der Waals surface area (Å²) in [4.78, 5) is 11.8. The molecule has 2 rings (SSSR count). The van der Waals surface area contributed by atoms with Crippen molar-refractivity contribution in [2.75, 3.05) is 5.75 Å². The highest BCUT2D eigenvalue weighted by Crippen LogP contribution is 2.15. The Morgan fingerprint density at radius 2 is 1.86 bits per heavy atom. The molecule has 110 valence electrons. The standard InChI is InChI=1S/C17H18ClNOS/c1-13-6-8-14(9-7-13)11-21-12-17(20)19-10-15-4-2-3-5-16(15)18/h2-9H,10-12H2,1H3,(H,19,20). The van der Waals surface area contributed by atoms with Gasteiger partial charge in [-0.05, 0) is 24.1 Å². The number of rotatable bonds is 6. The van der Waals surface area contributed by atoms with Crippen LogP contribution in [0.2, 0.25) is 5.02 Å². The molecule has 1 N–H and O–H groups in total. The number of thioether (sulfide) groups is 1. The zero-order valence-corrected chi connectivity index (χ0v) is 13.5. The summed E-state index contributed by atoms with van der Waals surface area (Å²) in [5.41, 5.74) is 3.43. The van der Waals surface area contributed by atoms with Gasteiger partial charge in [-0.15, -0.1) is 11.8 Å². The van der Waals surface area contributed by atoms with Gasteiger partial charge in [0.2, 0.25) is 5.91 Å². The lowest BCUT2D eigenvalue weighted by Crippen LogP contribution is -2.24. The Morgan fingerprint density at radius 3 is 2.57 bits per heavy atom. The van der Waals surface area contributed by atoms with E-state index < -0.39 is 0 Å². The number of halogens is 1. The second-order valence-electron chi connectivity index (χ2n) is 4.85. The second kappa shape index (κ2) is 8.11. The van der Waals surface area contributed by atoms with Crippen LogP contribution in [0.3, 0.4) is 0 Å². The van der Waals surface area contributed by atoms with Gasteiger partial charge in [-0.1, -0.05) is 59.6 Å². The van der Waals surface area contributed by atoms with Gasteiger partial charge in [-0.25, -0.2) is 0 Å². The average molecular weight is 320 g/mol. The van der Waals surface area contributed by atoms with E-state index in [0.29, 0.717) is 17.3 Å². The molecule has 21 heavy (non-hydrogen) atoms. The van der Waals surface area contributed by atoms with E-state index in [0.717, 1.165) is 11.3 Å². The summed E-state index contributed by atoms with van der Waals surface area (Å²) in [6.45, 7) is 2.54. The van der Waals surface area contributed by atoms with Gasteiger partial charge in [0.25, 0.3) is 0 Å². The largest absolute Gasteiger partial charge is 0.351 e. The zero-order chi connectivity index (χ0) is 15.1. The van der Waals surface area contributed by atoms with Crippen LogP contribution in [0, 0.1) is 6.92 Å². The molecule has 0 aliphatic heterocycles. The van der Waals surface area contributed by atoms with Crippen LogP contribution in [0.5, 0.6) is 0 Å². The maximum Gasteiger partial charge on any atom is 0.230 e. The van der Waals surface area contributed by atoms with E-state index in [2.05, 4.69) is 36.5 Å². The number of hydrogen-bond acceptors (Lipinski definition) is 2. The molecule has 2 nitrogen and oxygen atoms in total. The fourth-order valence-electron chi connectivity index (χ4n) is 1.83. The molecule has 0 saturated heterocycles.